The van der Waals surface area contributed by atoms with Crippen LogP contribution in [0.4, 0.5) is 5.69 Å². The van der Waals surface area contributed by atoms with Gasteiger partial charge in [0.2, 0.25) is 0 Å². The van der Waals surface area contributed by atoms with Crippen LogP contribution in [-0.4, -0.2) is 26.5 Å². The SMILES string of the molecule is COc1cccc(N(C)CCC(=O)c2ccc(Br)cc2)c1. The highest BCUT2D eigenvalue weighted by atomic mass is 79.9. The summed E-state index contributed by atoms with van der Waals surface area (Å²) in [7, 11) is 3.62. The maximum Gasteiger partial charge on any atom is 0.164 e. The van der Waals surface area contributed by atoms with E-state index in [-0.39, 0.29) is 5.78 Å². The van der Waals surface area contributed by atoms with E-state index in [0.717, 1.165) is 21.5 Å². The van der Waals surface area contributed by atoms with E-state index in [2.05, 4.69) is 20.8 Å². The highest BCUT2D eigenvalue weighted by molar-refractivity contribution is 9.10. The molecule has 2 aromatic carbocycles. The third-order valence-electron chi connectivity index (χ3n) is 3.33. The number of ketones is 1. The number of hydrogen-bond donors (Lipinski definition) is 0. The number of carbonyl (C=O) groups is 1. The topological polar surface area (TPSA) is 29.5 Å². The molecule has 0 atom stereocenters. The minimum Gasteiger partial charge on any atom is -0.497 e. The summed E-state index contributed by atoms with van der Waals surface area (Å²) in [5, 5.41) is 0. The van der Waals surface area contributed by atoms with Gasteiger partial charge in [-0.25, -0.2) is 0 Å². The molecule has 0 radical (unpaired) electrons. The molecule has 2 aromatic rings. The molecule has 0 saturated heterocycles. The molecule has 0 unspecified atom stereocenters. The largest absolute Gasteiger partial charge is 0.497 e. The first-order valence-corrected chi connectivity index (χ1v) is 7.53. The number of rotatable bonds is 6. The van der Waals surface area contributed by atoms with E-state index >= 15 is 0 Å². The van der Waals surface area contributed by atoms with E-state index in [0.29, 0.717) is 13.0 Å². The Morgan fingerprint density at radius 2 is 1.90 bits per heavy atom. The molecule has 0 aliphatic carbocycles. The van der Waals surface area contributed by atoms with Gasteiger partial charge in [0.05, 0.1) is 7.11 Å². The minimum atomic E-state index is 0.150. The van der Waals surface area contributed by atoms with Gasteiger partial charge in [0.1, 0.15) is 5.75 Å². The van der Waals surface area contributed by atoms with Gasteiger partial charge in [-0.05, 0) is 24.3 Å². The number of Topliss-reactive ketones (excluding diaryl/α,β-unsaturated/α-hetero) is 1. The van der Waals surface area contributed by atoms with Gasteiger partial charge >= 0.3 is 0 Å². The van der Waals surface area contributed by atoms with Gasteiger partial charge in [0.15, 0.2) is 5.78 Å². The molecule has 0 aliphatic rings. The smallest absolute Gasteiger partial charge is 0.164 e. The Morgan fingerprint density at radius 3 is 2.57 bits per heavy atom. The molecule has 0 spiro atoms. The number of benzene rings is 2. The molecule has 0 heterocycles. The molecule has 2 rings (SSSR count). The second-order valence-corrected chi connectivity index (χ2v) is 5.72. The molecule has 0 amide bonds. The van der Waals surface area contributed by atoms with Crippen LogP contribution in [0.2, 0.25) is 0 Å². The summed E-state index contributed by atoms with van der Waals surface area (Å²) in [6.07, 6.45) is 0.481. The molecule has 21 heavy (non-hydrogen) atoms. The molecule has 4 heteroatoms. The third kappa shape index (κ3) is 4.33. The predicted octanol–water partition coefficient (Wildman–Crippen LogP) is 4.17. The first kappa shape index (κ1) is 15.6. The fourth-order valence-corrected chi connectivity index (χ4v) is 2.29. The summed E-state index contributed by atoms with van der Waals surface area (Å²) in [5.41, 5.74) is 1.79. The highest BCUT2D eigenvalue weighted by Crippen LogP contribution is 2.20. The summed E-state index contributed by atoms with van der Waals surface area (Å²) in [6.45, 7) is 0.669. The summed E-state index contributed by atoms with van der Waals surface area (Å²) in [4.78, 5) is 14.2. The van der Waals surface area contributed by atoms with Crippen molar-refractivity contribution in [3.8, 4) is 5.75 Å². The zero-order valence-corrected chi connectivity index (χ0v) is 13.8. The van der Waals surface area contributed by atoms with Crippen molar-refractivity contribution < 1.29 is 9.53 Å². The second kappa shape index (κ2) is 7.27. The van der Waals surface area contributed by atoms with Crippen molar-refractivity contribution in [1.82, 2.24) is 0 Å². The molecule has 0 bridgehead atoms. The zero-order valence-electron chi connectivity index (χ0n) is 12.2. The lowest BCUT2D eigenvalue weighted by atomic mass is 10.1. The number of ether oxygens (including phenoxy) is 1. The van der Waals surface area contributed by atoms with E-state index < -0.39 is 0 Å². The van der Waals surface area contributed by atoms with Gasteiger partial charge in [-0.1, -0.05) is 34.1 Å². The van der Waals surface area contributed by atoms with Gasteiger partial charge in [-0.3, -0.25) is 4.79 Å². The quantitative estimate of drug-likeness (QED) is 0.734. The minimum absolute atomic E-state index is 0.150. The summed E-state index contributed by atoms with van der Waals surface area (Å²) < 4.78 is 6.19. The molecule has 110 valence electrons. The number of hydrogen-bond acceptors (Lipinski definition) is 3. The Kier molecular flexibility index (Phi) is 5.39. The van der Waals surface area contributed by atoms with Crippen molar-refractivity contribution in [3.63, 3.8) is 0 Å². The predicted molar refractivity (Wildman–Crippen MR) is 89.4 cm³/mol. The second-order valence-electron chi connectivity index (χ2n) is 4.80. The average Bonchev–Trinajstić information content (AvgIpc) is 2.53. The number of anilines is 1. The lowest BCUT2D eigenvalue weighted by molar-refractivity contribution is 0.0985. The van der Waals surface area contributed by atoms with Crippen LogP contribution in [0.3, 0.4) is 0 Å². The Labute approximate surface area is 133 Å². The molecule has 0 N–H and O–H groups in total. The van der Waals surface area contributed by atoms with Crippen LogP contribution in [0.1, 0.15) is 16.8 Å². The van der Waals surface area contributed by atoms with E-state index in [4.69, 9.17) is 4.74 Å². The van der Waals surface area contributed by atoms with Crippen molar-refractivity contribution in [1.29, 1.82) is 0 Å². The molecule has 3 nitrogen and oxygen atoms in total. The van der Waals surface area contributed by atoms with Crippen LogP contribution in [-0.2, 0) is 0 Å². The van der Waals surface area contributed by atoms with Crippen LogP contribution in [0.25, 0.3) is 0 Å². The zero-order chi connectivity index (χ0) is 15.2. The molecule has 0 aromatic heterocycles. The molecular weight excluding hydrogens is 330 g/mol. The normalized spacial score (nSPS) is 10.2. The van der Waals surface area contributed by atoms with Crippen molar-refractivity contribution in [2.24, 2.45) is 0 Å². The van der Waals surface area contributed by atoms with Gasteiger partial charge in [-0.15, -0.1) is 0 Å². The molecular formula is C17H18BrNO2. The van der Waals surface area contributed by atoms with Gasteiger partial charge in [0.25, 0.3) is 0 Å². The van der Waals surface area contributed by atoms with Crippen LogP contribution in [0.5, 0.6) is 5.75 Å². The van der Waals surface area contributed by atoms with Crippen molar-refractivity contribution in [3.05, 3.63) is 58.6 Å². The van der Waals surface area contributed by atoms with Gasteiger partial charge < -0.3 is 9.64 Å². The van der Waals surface area contributed by atoms with E-state index in [9.17, 15) is 4.79 Å². The lowest BCUT2D eigenvalue weighted by Gasteiger charge is -2.19. The number of halogens is 1. The van der Waals surface area contributed by atoms with Crippen molar-refractivity contribution >= 4 is 27.4 Å². The lowest BCUT2D eigenvalue weighted by Crippen LogP contribution is -2.21. The fraction of sp³-hybridized carbons (Fsp3) is 0.235. The maximum absolute atomic E-state index is 12.1. The van der Waals surface area contributed by atoms with Crippen LogP contribution >= 0.6 is 15.9 Å². The molecule has 0 fully saturated rings. The number of carbonyl (C=O) groups excluding carboxylic acids is 1. The number of nitrogens with zero attached hydrogens (tertiary/aromatic N) is 1. The monoisotopic (exact) mass is 347 g/mol. The standard InChI is InChI=1S/C17H18BrNO2/c1-19(15-4-3-5-16(12-15)21-2)11-10-17(20)13-6-8-14(18)9-7-13/h3-9,12H,10-11H2,1-2H3. The Morgan fingerprint density at radius 1 is 1.19 bits per heavy atom. The summed E-state index contributed by atoms with van der Waals surface area (Å²) in [6, 6.07) is 15.3. The highest BCUT2D eigenvalue weighted by Gasteiger charge is 2.08. The Bertz CT molecular complexity index is 610. The van der Waals surface area contributed by atoms with Gasteiger partial charge in [-0.2, -0.15) is 0 Å². The van der Waals surface area contributed by atoms with Gasteiger partial charge in [0, 0.05) is 41.8 Å². The van der Waals surface area contributed by atoms with E-state index in [1.54, 1.807) is 7.11 Å². The van der Waals surface area contributed by atoms with E-state index in [1.165, 1.54) is 0 Å². The third-order valence-corrected chi connectivity index (χ3v) is 3.86. The first-order chi connectivity index (χ1) is 10.1. The first-order valence-electron chi connectivity index (χ1n) is 6.74. The fourth-order valence-electron chi connectivity index (χ4n) is 2.03. The number of methoxy groups -OCH3 is 1. The van der Waals surface area contributed by atoms with Crippen molar-refractivity contribution in [2.45, 2.75) is 6.42 Å². The maximum atomic E-state index is 12.1. The van der Waals surface area contributed by atoms with Crippen LogP contribution < -0.4 is 9.64 Å². The Hall–Kier alpha value is -1.81. The average molecular weight is 348 g/mol. The Balaban J connectivity index is 1.95. The summed E-state index contributed by atoms with van der Waals surface area (Å²) >= 11 is 3.37. The summed E-state index contributed by atoms with van der Waals surface area (Å²) in [5.74, 6) is 0.968. The van der Waals surface area contributed by atoms with Crippen LogP contribution in [0.15, 0.2) is 53.0 Å². The van der Waals surface area contributed by atoms with Crippen molar-refractivity contribution in [2.75, 3.05) is 25.6 Å². The van der Waals surface area contributed by atoms with Crippen LogP contribution in [0, 0.1) is 0 Å². The molecule has 0 aliphatic heterocycles. The molecule has 0 saturated carbocycles. The van der Waals surface area contributed by atoms with E-state index in [1.807, 2.05) is 55.6 Å².